The van der Waals surface area contributed by atoms with Crippen molar-refractivity contribution >= 4 is 0 Å². The van der Waals surface area contributed by atoms with Gasteiger partial charge in [-0.2, -0.15) is 0 Å². The molecule has 3 unspecified atom stereocenters. The van der Waals surface area contributed by atoms with Crippen LogP contribution < -0.4 is 5.32 Å². The molecule has 5 nitrogen and oxygen atoms in total. The second-order valence-corrected chi connectivity index (χ2v) is 5.00. The Labute approximate surface area is 115 Å². The Balaban J connectivity index is 1.54. The van der Waals surface area contributed by atoms with E-state index in [4.69, 9.17) is 9.47 Å². The highest BCUT2D eigenvalue weighted by Crippen LogP contribution is 2.26. The fraction of sp³-hybridized carbons (Fsp3) is 0.786. The molecule has 1 N–H and O–H groups in total. The number of hydrogen-bond donors (Lipinski definition) is 1. The highest BCUT2D eigenvalue weighted by Gasteiger charge is 2.41. The fourth-order valence-electron chi connectivity index (χ4n) is 2.60. The van der Waals surface area contributed by atoms with Crippen LogP contribution in [0.1, 0.15) is 26.2 Å². The van der Waals surface area contributed by atoms with E-state index in [2.05, 4.69) is 14.9 Å². The molecule has 1 saturated carbocycles. The van der Waals surface area contributed by atoms with Gasteiger partial charge in [0.15, 0.2) is 0 Å². The lowest BCUT2D eigenvalue weighted by molar-refractivity contribution is -0.131. The van der Waals surface area contributed by atoms with Gasteiger partial charge in [-0.1, -0.05) is 0 Å². The number of ether oxygens (including phenoxy) is 2. The first-order valence-electron chi connectivity index (χ1n) is 7.18. The average molecular weight is 267 g/mol. The van der Waals surface area contributed by atoms with Gasteiger partial charge in [0, 0.05) is 38.7 Å². The van der Waals surface area contributed by atoms with Gasteiger partial charge in [0.25, 0.3) is 0 Å². The van der Waals surface area contributed by atoms with Crippen LogP contribution in [0.4, 0.5) is 0 Å². The molecule has 1 fully saturated rings. The number of methoxy groups -OCH3 is 1. The van der Waals surface area contributed by atoms with Gasteiger partial charge in [-0.25, -0.2) is 4.98 Å². The summed E-state index contributed by atoms with van der Waals surface area (Å²) in [7, 11) is 1.77. The molecule has 5 heteroatoms. The van der Waals surface area contributed by atoms with Crippen molar-refractivity contribution in [2.45, 2.75) is 51.0 Å². The average Bonchev–Trinajstić information content (AvgIpc) is 2.89. The van der Waals surface area contributed by atoms with Crippen LogP contribution >= 0.6 is 0 Å². The maximum atomic E-state index is 5.61. The van der Waals surface area contributed by atoms with Gasteiger partial charge < -0.3 is 19.4 Å². The molecule has 2 rings (SSSR count). The minimum atomic E-state index is 0.216. The Bertz CT molecular complexity index is 342. The quantitative estimate of drug-likeness (QED) is 0.688. The van der Waals surface area contributed by atoms with Crippen molar-refractivity contribution in [2.24, 2.45) is 0 Å². The van der Waals surface area contributed by atoms with Crippen LogP contribution in [-0.4, -0.2) is 48.1 Å². The monoisotopic (exact) mass is 267 g/mol. The zero-order chi connectivity index (χ0) is 13.5. The molecule has 0 amide bonds. The minimum absolute atomic E-state index is 0.216. The molecule has 0 saturated heterocycles. The van der Waals surface area contributed by atoms with E-state index in [0.717, 1.165) is 26.1 Å². The van der Waals surface area contributed by atoms with E-state index < -0.39 is 0 Å². The summed E-state index contributed by atoms with van der Waals surface area (Å²) in [5.74, 6) is 0. The van der Waals surface area contributed by atoms with Crippen LogP contribution in [0.15, 0.2) is 18.7 Å². The third-order valence-corrected chi connectivity index (χ3v) is 3.71. The molecule has 0 aliphatic heterocycles. The summed E-state index contributed by atoms with van der Waals surface area (Å²) in [5, 5.41) is 3.56. The largest absolute Gasteiger partial charge is 0.377 e. The van der Waals surface area contributed by atoms with Crippen molar-refractivity contribution in [1.29, 1.82) is 0 Å². The molecule has 0 radical (unpaired) electrons. The summed E-state index contributed by atoms with van der Waals surface area (Å²) in [6.45, 7) is 4.88. The van der Waals surface area contributed by atoms with Gasteiger partial charge in [-0.3, -0.25) is 0 Å². The van der Waals surface area contributed by atoms with Crippen molar-refractivity contribution in [1.82, 2.24) is 14.9 Å². The normalized spacial score (nSPS) is 26.3. The Morgan fingerprint density at radius 1 is 1.42 bits per heavy atom. The standard InChI is InChI=1S/C14H25N3O2/c1-3-19-13-10-12(14(13)18-2)16-6-4-5-8-17-9-7-15-11-17/h7,9,11-14,16H,3-6,8,10H2,1-2H3. The van der Waals surface area contributed by atoms with Crippen molar-refractivity contribution in [3.8, 4) is 0 Å². The molecule has 1 aromatic rings. The summed E-state index contributed by atoms with van der Waals surface area (Å²) >= 11 is 0. The van der Waals surface area contributed by atoms with Crippen molar-refractivity contribution in [3.05, 3.63) is 18.7 Å². The molecule has 19 heavy (non-hydrogen) atoms. The lowest BCUT2D eigenvalue weighted by Crippen LogP contribution is -2.59. The lowest BCUT2D eigenvalue weighted by Gasteiger charge is -2.43. The molecule has 1 aliphatic carbocycles. The summed E-state index contributed by atoms with van der Waals surface area (Å²) < 4.78 is 13.2. The van der Waals surface area contributed by atoms with E-state index in [1.807, 2.05) is 25.6 Å². The predicted octanol–water partition coefficient (Wildman–Crippen LogP) is 1.45. The maximum Gasteiger partial charge on any atom is 0.0986 e. The number of rotatable bonds is 9. The van der Waals surface area contributed by atoms with Gasteiger partial charge in [0.1, 0.15) is 0 Å². The lowest BCUT2D eigenvalue weighted by atomic mass is 9.85. The topological polar surface area (TPSA) is 48.3 Å². The molecule has 1 aliphatic rings. The SMILES string of the molecule is CCOC1CC(NCCCCn2ccnc2)C1OC. The Kier molecular flexibility index (Phi) is 5.82. The van der Waals surface area contributed by atoms with Gasteiger partial charge in [-0.15, -0.1) is 0 Å². The molecular formula is C14H25N3O2. The molecule has 0 bridgehead atoms. The van der Waals surface area contributed by atoms with E-state index in [1.165, 1.54) is 12.8 Å². The molecule has 108 valence electrons. The first-order valence-corrected chi connectivity index (χ1v) is 7.18. The molecule has 1 aromatic heterocycles. The Hall–Kier alpha value is -0.910. The van der Waals surface area contributed by atoms with Gasteiger partial charge in [0.2, 0.25) is 0 Å². The fourth-order valence-corrected chi connectivity index (χ4v) is 2.60. The molecule has 0 aromatic carbocycles. The van der Waals surface area contributed by atoms with Crippen molar-refractivity contribution < 1.29 is 9.47 Å². The first-order chi connectivity index (χ1) is 9.35. The number of aryl methyl sites for hydroxylation is 1. The zero-order valence-electron chi connectivity index (χ0n) is 11.9. The minimum Gasteiger partial charge on any atom is -0.377 e. The van der Waals surface area contributed by atoms with Crippen LogP contribution in [-0.2, 0) is 16.0 Å². The van der Waals surface area contributed by atoms with E-state index in [1.54, 1.807) is 7.11 Å². The smallest absolute Gasteiger partial charge is 0.0986 e. The van der Waals surface area contributed by atoms with E-state index in [-0.39, 0.29) is 12.2 Å². The van der Waals surface area contributed by atoms with Gasteiger partial charge in [0.05, 0.1) is 18.5 Å². The second kappa shape index (κ2) is 7.62. The number of unbranched alkanes of at least 4 members (excludes halogenated alkanes) is 1. The maximum absolute atomic E-state index is 5.61. The molecular weight excluding hydrogens is 242 g/mol. The predicted molar refractivity (Wildman–Crippen MR) is 74.1 cm³/mol. The summed E-state index contributed by atoms with van der Waals surface area (Å²) in [6, 6.07) is 0.454. The zero-order valence-corrected chi connectivity index (χ0v) is 11.9. The Morgan fingerprint density at radius 2 is 2.32 bits per heavy atom. The number of hydrogen-bond acceptors (Lipinski definition) is 4. The second-order valence-electron chi connectivity index (χ2n) is 5.00. The van der Waals surface area contributed by atoms with E-state index >= 15 is 0 Å². The van der Waals surface area contributed by atoms with Crippen LogP contribution in [0, 0.1) is 0 Å². The van der Waals surface area contributed by atoms with E-state index in [0.29, 0.717) is 6.04 Å². The summed E-state index contributed by atoms with van der Waals surface area (Å²) in [4.78, 5) is 4.04. The van der Waals surface area contributed by atoms with Gasteiger partial charge >= 0.3 is 0 Å². The number of nitrogens with one attached hydrogen (secondary N) is 1. The molecule has 0 spiro atoms. The molecule has 1 heterocycles. The first kappa shape index (κ1) is 14.5. The number of imidazole rings is 1. The Morgan fingerprint density at radius 3 is 3.00 bits per heavy atom. The highest BCUT2D eigenvalue weighted by atomic mass is 16.5. The number of nitrogens with zero attached hydrogens (tertiary/aromatic N) is 2. The van der Waals surface area contributed by atoms with Crippen LogP contribution in [0.2, 0.25) is 0 Å². The van der Waals surface area contributed by atoms with Crippen molar-refractivity contribution in [2.75, 3.05) is 20.3 Å². The third-order valence-electron chi connectivity index (χ3n) is 3.71. The molecule has 3 atom stereocenters. The van der Waals surface area contributed by atoms with Crippen LogP contribution in [0.25, 0.3) is 0 Å². The van der Waals surface area contributed by atoms with Crippen LogP contribution in [0.3, 0.4) is 0 Å². The van der Waals surface area contributed by atoms with E-state index in [9.17, 15) is 0 Å². The number of aromatic nitrogens is 2. The summed E-state index contributed by atoms with van der Waals surface area (Å²) in [5.41, 5.74) is 0. The summed E-state index contributed by atoms with van der Waals surface area (Å²) in [6.07, 6.45) is 9.59. The van der Waals surface area contributed by atoms with Gasteiger partial charge in [-0.05, 0) is 32.7 Å². The van der Waals surface area contributed by atoms with Crippen molar-refractivity contribution in [3.63, 3.8) is 0 Å². The van der Waals surface area contributed by atoms with Crippen LogP contribution in [0.5, 0.6) is 0 Å². The highest BCUT2D eigenvalue weighted by molar-refractivity contribution is 4.96. The third kappa shape index (κ3) is 4.03.